The van der Waals surface area contributed by atoms with Crippen LogP contribution in [0.4, 0.5) is 13.2 Å². The fourth-order valence-corrected chi connectivity index (χ4v) is 1.62. The number of hydrogen-bond donors (Lipinski definition) is 0. The lowest BCUT2D eigenvalue weighted by molar-refractivity contribution is -0.303. The number of ether oxygens (including phenoxy) is 1. The van der Waals surface area contributed by atoms with E-state index in [4.69, 9.17) is 0 Å². The van der Waals surface area contributed by atoms with E-state index in [1.807, 2.05) is 27.7 Å². The van der Waals surface area contributed by atoms with Gasteiger partial charge in [0, 0.05) is 4.48 Å². The average Bonchev–Trinajstić information content (AvgIpc) is 3.27. The maximum atomic E-state index is 12.1. The highest BCUT2D eigenvalue weighted by Crippen LogP contribution is 2.27. The number of halogens is 4. The van der Waals surface area contributed by atoms with Crippen molar-refractivity contribution in [2.45, 2.75) is 73.1 Å². The summed E-state index contributed by atoms with van der Waals surface area (Å²) in [6.07, 6.45) is 2.96. The van der Waals surface area contributed by atoms with E-state index in [2.05, 4.69) is 34.2 Å². The van der Waals surface area contributed by atoms with E-state index in [-0.39, 0.29) is 5.76 Å². The topological polar surface area (TPSA) is 9.23 Å². The first kappa shape index (κ1) is 24.5. The third-order valence-corrected chi connectivity index (χ3v) is 3.56. The van der Waals surface area contributed by atoms with Gasteiger partial charge in [-0.05, 0) is 36.5 Å². The summed E-state index contributed by atoms with van der Waals surface area (Å²) in [5, 5.41) is 0. The normalized spacial score (nSPS) is 15.0. The minimum absolute atomic E-state index is 0.208. The van der Waals surface area contributed by atoms with E-state index in [9.17, 15) is 13.2 Å². The van der Waals surface area contributed by atoms with Gasteiger partial charge >= 0.3 is 6.36 Å². The summed E-state index contributed by atoms with van der Waals surface area (Å²) in [6, 6.07) is 0. The van der Waals surface area contributed by atoms with Gasteiger partial charge in [0.15, 0.2) is 0 Å². The predicted molar refractivity (Wildman–Crippen MR) is 96.3 cm³/mol. The van der Waals surface area contributed by atoms with Crippen LogP contribution in [0.5, 0.6) is 0 Å². The average molecular weight is 399 g/mol. The Hall–Kier alpha value is -0.710. The van der Waals surface area contributed by atoms with Crippen LogP contribution in [0.25, 0.3) is 0 Å². The van der Waals surface area contributed by atoms with Crippen molar-refractivity contribution >= 4 is 15.9 Å². The van der Waals surface area contributed by atoms with E-state index in [0.29, 0.717) is 17.3 Å². The molecule has 0 bridgehead atoms. The van der Waals surface area contributed by atoms with Crippen LogP contribution in [0.3, 0.4) is 0 Å². The Morgan fingerprint density at radius 3 is 2.04 bits per heavy atom. The van der Waals surface area contributed by atoms with Gasteiger partial charge in [0.2, 0.25) is 0 Å². The van der Waals surface area contributed by atoms with Crippen molar-refractivity contribution < 1.29 is 17.9 Å². The first-order valence-corrected chi connectivity index (χ1v) is 9.00. The molecule has 1 rings (SSSR count). The molecule has 1 aliphatic carbocycles. The summed E-state index contributed by atoms with van der Waals surface area (Å²) in [6.45, 7) is 13.8. The van der Waals surface area contributed by atoms with Gasteiger partial charge in [-0.1, -0.05) is 76.4 Å². The molecule has 0 saturated heterocycles. The van der Waals surface area contributed by atoms with E-state index < -0.39 is 6.36 Å². The lowest BCUT2D eigenvalue weighted by Gasteiger charge is -2.11. The monoisotopic (exact) mass is 398 g/mol. The van der Waals surface area contributed by atoms with Gasteiger partial charge in [0.05, 0.1) is 0 Å². The SMILES string of the molecule is C=C(CC)/C(Br)=C\C(=C/CCC)OC(F)(F)F.CC.CC1CC1. The summed E-state index contributed by atoms with van der Waals surface area (Å²) in [5.41, 5.74) is 0.721. The molecule has 5 heteroatoms. The van der Waals surface area contributed by atoms with Crippen molar-refractivity contribution in [1.82, 2.24) is 0 Å². The third-order valence-electron chi connectivity index (χ3n) is 2.77. The van der Waals surface area contributed by atoms with Gasteiger partial charge in [-0.2, -0.15) is 0 Å². The molecule has 0 aromatic carbocycles. The van der Waals surface area contributed by atoms with Crippen molar-refractivity contribution in [2.24, 2.45) is 5.92 Å². The first-order chi connectivity index (χ1) is 10.7. The molecule has 0 spiro atoms. The zero-order chi connectivity index (χ0) is 18.5. The Morgan fingerprint density at radius 2 is 1.74 bits per heavy atom. The molecule has 0 aromatic heterocycles. The van der Waals surface area contributed by atoms with Crippen LogP contribution < -0.4 is 0 Å². The second-order valence-electron chi connectivity index (χ2n) is 5.07. The lowest BCUT2D eigenvalue weighted by Crippen LogP contribution is -2.12. The number of alkyl halides is 3. The van der Waals surface area contributed by atoms with E-state index >= 15 is 0 Å². The fourth-order valence-electron chi connectivity index (χ4n) is 1.11. The largest absolute Gasteiger partial charge is 0.573 e. The van der Waals surface area contributed by atoms with Crippen molar-refractivity contribution in [3.63, 3.8) is 0 Å². The third kappa shape index (κ3) is 17.5. The summed E-state index contributed by atoms with van der Waals surface area (Å²) in [7, 11) is 0. The molecule has 136 valence electrons. The minimum atomic E-state index is -4.67. The molecule has 0 atom stereocenters. The summed E-state index contributed by atoms with van der Waals surface area (Å²) >= 11 is 3.18. The van der Waals surface area contributed by atoms with Crippen LogP contribution in [0.2, 0.25) is 0 Å². The van der Waals surface area contributed by atoms with Gasteiger partial charge in [-0.25, -0.2) is 0 Å². The van der Waals surface area contributed by atoms with Crippen LogP contribution in [0.15, 0.2) is 34.5 Å². The maximum absolute atomic E-state index is 12.1. The predicted octanol–water partition coefficient (Wildman–Crippen LogP) is 7.89. The quantitative estimate of drug-likeness (QED) is 0.326. The van der Waals surface area contributed by atoms with Crippen LogP contribution in [0, 0.1) is 5.92 Å². The Kier molecular flexibility index (Phi) is 14.6. The number of rotatable bonds is 6. The molecule has 1 fully saturated rings. The minimum Gasteiger partial charge on any atom is -0.406 e. The summed E-state index contributed by atoms with van der Waals surface area (Å²) in [5.74, 6) is 0.876. The molecule has 1 saturated carbocycles. The molecule has 1 aliphatic rings. The Bertz CT molecular complexity index is 380. The highest BCUT2D eigenvalue weighted by molar-refractivity contribution is 9.12. The molecule has 0 radical (unpaired) electrons. The van der Waals surface area contributed by atoms with E-state index in [1.54, 1.807) is 0 Å². The van der Waals surface area contributed by atoms with Gasteiger partial charge in [0.25, 0.3) is 0 Å². The number of allylic oxidation sites excluding steroid dienone is 4. The molecule has 23 heavy (non-hydrogen) atoms. The van der Waals surface area contributed by atoms with Crippen molar-refractivity contribution in [1.29, 1.82) is 0 Å². The van der Waals surface area contributed by atoms with Gasteiger partial charge in [0.1, 0.15) is 5.76 Å². The second kappa shape index (κ2) is 13.7. The highest BCUT2D eigenvalue weighted by atomic mass is 79.9. The highest BCUT2D eigenvalue weighted by Gasteiger charge is 2.31. The molecule has 0 heterocycles. The Balaban J connectivity index is 0. The Labute approximate surface area is 147 Å². The Morgan fingerprint density at radius 1 is 1.26 bits per heavy atom. The second-order valence-corrected chi connectivity index (χ2v) is 5.93. The molecule has 0 amide bonds. The molecule has 0 unspecified atom stereocenters. The smallest absolute Gasteiger partial charge is 0.406 e. The summed E-state index contributed by atoms with van der Waals surface area (Å²) < 4.78 is 40.8. The fraction of sp³-hybridized carbons (Fsp3) is 0.667. The molecule has 0 N–H and O–H groups in total. The van der Waals surface area contributed by atoms with Gasteiger partial charge < -0.3 is 4.74 Å². The number of hydrogen-bond acceptors (Lipinski definition) is 1. The number of unbranched alkanes of at least 4 members (excludes halogenated alkanes) is 1. The van der Waals surface area contributed by atoms with Crippen LogP contribution in [0.1, 0.15) is 66.7 Å². The standard InChI is InChI=1S/C12H16BrF3O.C4H8.C2H6/c1-4-6-7-10(17-12(14,15)16)8-11(13)9(3)5-2;1-4-2-3-4;1-2/h7-8H,3-6H2,1-2H3;4H,2-3H2,1H3;1-2H3/b10-7+,11-8+;;. The van der Waals surface area contributed by atoms with E-state index in [1.165, 1.54) is 25.0 Å². The maximum Gasteiger partial charge on any atom is 0.573 e. The van der Waals surface area contributed by atoms with Crippen LogP contribution in [-0.4, -0.2) is 6.36 Å². The lowest BCUT2D eigenvalue weighted by atomic mass is 10.2. The van der Waals surface area contributed by atoms with Gasteiger partial charge in [-0.3, -0.25) is 0 Å². The molecule has 0 aromatic rings. The van der Waals surface area contributed by atoms with Crippen molar-refractivity contribution in [3.05, 3.63) is 34.5 Å². The summed E-state index contributed by atoms with van der Waals surface area (Å²) in [4.78, 5) is 0. The van der Waals surface area contributed by atoms with Gasteiger partial charge in [-0.15, -0.1) is 13.2 Å². The zero-order valence-corrected chi connectivity index (χ0v) is 16.5. The zero-order valence-electron chi connectivity index (χ0n) is 14.9. The molecule has 1 nitrogen and oxygen atoms in total. The molecular weight excluding hydrogens is 369 g/mol. The van der Waals surface area contributed by atoms with E-state index in [0.717, 1.165) is 17.9 Å². The first-order valence-electron chi connectivity index (χ1n) is 8.20. The molecular formula is C18H30BrF3O. The van der Waals surface area contributed by atoms with Crippen molar-refractivity contribution in [3.8, 4) is 0 Å². The van der Waals surface area contributed by atoms with Crippen LogP contribution >= 0.6 is 15.9 Å². The van der Waals surface area contributed by atoms with Crippen LogP contribution in [-0.2, 0) is 4.74 Å². The molecule has 0 aliphatic heterocycles. The van der Waals surface area contributed by atoms with Crippen molar-refractivity contribution in [2.75, 3.05) is 0 Å².